The fourth-order valence-corrected chi connectivity index (χ4v) is 5.25. The van der Waals surface area contributed by atoms with Crippen LogP contribution in [0.5, 0.6) is 0 Å². The van der Waals surface area contributed by atoms with Gasteiger partial charge in [-0.3, -0.25) is 9.59 Å². The van der Waals surface area contributed by atoms with Gasteiger partial charge in [-0.15, -0.1) is 0 Å². The number of hydrogen-bond acceptors (Lipinski definition) is 3. The van der Waals surface area contributed by atoms with Crippen molar-refractivity contribution >= 4 is 11.9 Å². The van der Waals surface area contributed by atoms with Gasteiger partial charge in [0, 0.05) is 12.8 Å². The van der Waals surface area contributed by atoms with Crippen molar-refractivity contribution in [1.82, 2.24) is 0 Å². The number of carboxylic acids is 1. The molecule has 0 aliphatic carbocycles. The maximum atomic E-state index is 12.6. The summed E-state index contributed by atoms with van der Waals surface area (Å²) in [7, 11) is 0. The molecule has 0 aliphatic heterocycles. The Kier molecular flexibility index (Phi) is 31.7. The second kappa shape index (κ2) is 32.9. The molecule has 0 amide bonds. The predicted molar refractivity (Wildman–Crippen MR) is 176 cm³/mol. The highest BCUT2D eigenvalue weighted by Crippen LogP contribution is 2.16. The fourth-order valence-electron chi connectivity index (χ4n) is 5.25. The Bertz CT molecular complexity index is 624. The summed E-state index contributed by atoms with van der Waals surface area (Å²) in [5.74, 6) is -0.756. The van der Waals surface area contributed by atoms with Gasteiger partial charge in [-0.1, -0.05) is 154 Å². The molecular weight excluding hydrogens is 508 g/mol. The molecule has 240 valence electrons. The molecular formula is C37H68O4. The molecule has 41 heavy (non-hydrogen) atoms. The molecule has 1 N–H and O–H groups in total. The molecule has 0 fully saturated rings. The number of ether oxygens (including phenoxy) is 1. The van der Waals surface area contributed by atoms with Crippen LogP contribution < -0.4 is 0 Å². The van der Waals surface area contributed by atoms with Crippen molar-refractivity contribution in [3.05, 3.63) is 24.3 Å². The van der Waals surface area contributed by atoms with Crippen LogP contribution in [0.25, 0.3) is 0 Å². The first-order valence-corrected chi connectivity index (χ1v) is 17.8. The molecule has 0 aromatic carbocycles. The van der Waals surface area contributed by atoms with Gasteiger partial charge >= 0.3 is 11.9 Å². The Morgan fingerprint density at radius 1 is 0.561 bits per heavy atom. The van der Waals surface area contributed by atoms with E-state index in [0.717, 1.165) is 70.6 Å². The molecule has 4 heteroatoms. The zero-order valence-corrected chi connectivity index (χ0v) is 27.4. The lowest BCUT2D eigenvalue weighted by molar-refractivity contribution is -0.147. The second-order valence-electron chi connectivity index (χ2n) is 12.1. The molecule has 4 nitrogen and oxygen atoms in total. The summed E-state index contributed by atoms with van der Waals surface area (Å²) in [4.78, 5) is 23.2. The number of aliphatic carboxylic acids is 1. The molecule has 0 radical (unpaired) electrons. The lowest BCUT2D eigenvalue weighted by Crippen LogP contribution is -2.16. The van der Waals surface area contributed by atoms with E-state index in [1.54, 1.807) is 0 Å². The topological polar surface area (TPSA) is 63.6 Å². The van der Waals surface area contributed by atoms with Gasteiger partial charge < -0.3 is 9.84 Å². The molecule has 0 spiro atoms. The minimum absolute atomic E-state index is 0.0534. The van der Waals surface area contributed by atoms with Crippen LogP contribution in [-0.4, -0.2) is 23.1 Å². The first kappa shape index (κ1) is 39.4. The molecule has 0 aromatic heterocycles. The number of unbranched alkanes of at least 4 members (excludes halogenated alkanes) is 21. The summed E-state index contributed by atoms with van der Waals surface area (Å²) in [5.41, 5.74) is 0. The van der Waals surface area contributed by atoms with Crippen LogP contribution in [0.1, 0.15) is 194 Å². The lowest BCUT2D eigenvalue weighted by Gasteiger charge is -2.14. The van der Waals surface area contributed by atoms with Gasteiger partial charge in [0.05, 0.1) is 0 Å². The molecule has 0 saturated carbocycles. The number of hydrogen-bond donors (Lipinski definition) is 1. The first-order valence-electron chi connectivity index (χ1n) is 17.8. The van der Waals surface area contributed by atoms with Gasteiger partial charge in [0.1, 0.15) is 6.10 Å². The predicted octanol–water partition coefficient (Wildman–Crippen LogP) is 12.1. The summed E-state index contributed by atoms with van der Waals surface area (Å²) in [6, 6.07) is 0. The summed E-state index contributed by atoms with van der Waals surface area (Å²) >= 11 is 0. The number of rotatable bonds is 32. The van der Waals surface area contributed by atoms with E-state index < -0.39 is 5.97 Å². The van der Waals surface area contributed by atoms with E-state index in [-0.39, 0.29) is 18.5 Å². The minimum Gasteiger partial charge on any atom is -0.481 e. The fraction of sp³-hybridized carbons (Fsp3) is 0.838. The first-order chi connectivity index (χ1) is 20.1. The highest BCUT2D eigenvalue weighted by Gasteiger charge is 2.11. The molecule has 1 unspecified atom stereocenters. The Balaban J connectivity index is 4.07. The normalized spacial score (nSPS) is 12.4. The molecule has 0 rings (SSSR count). The number of esters is 1. The molecule has 0 bridgehead atoms. The molecule has 0 heterocycles. The summed E-state index contributed by atoms with van der Waals surface area (Å²) in [6.45, 7) is 4.51. The highest BCUT2D eigenvalue weighted by atomic mass is 16.5. The van der Waals surface area contributed by atoms with E-state index in [4.69, 9.17) is 9.84 Å². The largest absolute Gasteiger partial charge is 0.481 e. The van der Waals surface area contributed by atoms with E-state index in [0.29, 0.717) is 6.42 Å². The van der Waals surface area contributed by atoms with Crippen LogP contribution in [0.3, 0.4) is 0 Å². The van der Waals surface area contributed by atoms with E-state index in [2.05, 4.69) is 38.2 Å². The lowest BCUT2D eigenvalue weighted by atomic mass is 10.0. The van der Waals surface area contributed by atoms with Gasteiger partial charge in [0.2, 0.25) is 0 Å². The van der Waals surface area contributed by atoms with Crippen molar-refractivity contribution in [3.8, 4) is 0 Å². The van der Waals surface area contributed by atoms with Gasteiger partial charge in [-0.05, 0) is 51.0 Å². The maximum absolute atomic E-state index is 12.6. The van der Waals surface area contributed by atoms with Crippen LogP contribution in [0.2, 0.25) is 0 Å². The standard InChI is InChI=1S/C37H68O4/c1-3-5-7-9-11-13-14-15-16-17-18-20-26-30-34-37(40)41-35(31-27-23-19-12-10-8-6-4-2)32-28-24-21-22-25-29-33-36(38)39/h12,19,27,31,35H,3-11,13-18,20-26,28-30,32-34H2,1-2H3,(H,38,39)/b19-12-,31-27-. The Labute approximate surface area is 255 Å². The Morgan fingerprint density at radius 2 is 1.02 bits per heavy atom. The summed E-state index contributed by atoms with van der Waals surface area (Å²) in [6.07, 6.45) is 40.6. The maximum Gasteiger partial charge on any atom is 0.306 e. The van der Waals surface area contributed by atoms with Gasteiger partial charge in [-0.2, -0.15) is 0 Å². The summed E-state index contributed by atoms with van der Waals surface area (Å²) < 4.78 is 5.88. The highest BCUT2D eigenvalue weighted by molar-refractivity contribution is 5.69. The molecule has 0 saturated heterocycles. The van der Waals surface area contributed by atoms with Crippen molar-refractivity contribution in [2.45, 2.75) is 200 Å². The Hall–Kier alpha value is -1.58. The number of carbonyl (C=O) groups is 2. The van der Waals surface area contributed by atoms with Crippen LogP contribution in [0.15, 0.2) is 24.3 Å². The molecule has 1 atom stereocenters. The van der Waals surface area contributed by atoms with E-state index in [1.807, 2.05) is 0 Å². The number of carbonyl (C=O) groups excluding carboxylic acids is 1. The molecule has 0 aromatic rings. The van der Waals surface area contributed by atoms with Crippen molar-refractivity contribution in [1.29, 1.82) is 0 Å². The van der Waals surface area contributed by atoms with Crippen LogP contribution >= 0.6 is 0 Å². The zero-order valence-electron chi connectivity index (χ0n) is 27.4. The van der Waals surface area contributed by atoms with Crippen LogP contribution in [0, 0.1) is 0 Å². The second-order valence-corrected chi connectivity index (χ2v) is 12.1. The van der Waals surface area contributed by atoms with Crippen LogP contribution in [0.4, 0.5) is 0 Å². The zero-order chi connectivity index (χ0) is 30.1. The average Bonchev–Trinajstić information content (AvgIpc) is 2.95. The van der Waals surface area contributed by atoms with E-state index in [1.165, 1.54) is 96.3 Å². The van der Waals surface area contributed by atoms with Crippen molar-refractivity contribution < 1.29 is 19.4 Å². The number of allylic oxidation sites excluding steroid dienone is 3. The van der Waals surface area contributed by atoms with E-state index >= 15 is 0 Å². The monoisotopic (exact) mass is 577 g/mol. The van der Waals surface area contributed by atoms with E-state index in [9.17, 15) is 9.59 Å². The third-order valence-corrected chi connectivity index (χ3v) is 7.91. The third kappa shape index (κ3) is 32.8. The molecule has 0 aliphatic rings. The smallest absolute Gasteiger partial charge is 0.306 e. The van der Waals surface area contributed by atoms with Gasteiger partial charge in [0.25, 0.3) is 0 Å². The number of carboxylic acid groups (broad SMARTS) is 1. The minimum atomic E-state index is -0.702. The van der Waals surface area contributed by atoms with Crippen LogP contribution in [-0.2, 0) is 14.3 Å². The summed E-state index contributed by atoms with van der Waals surface area (Å²) in [5, 5.41) is 8.75. The average molecular weight is 577 g/mol. The van der Waals surface area contributed by atoms with Crippen molar-refractivity contribution in [2.24, 2.45) is 0 Å². The Morgan fingerprint density at radius 3 is 1.56 bits per heavy atom. The van der Waals surface area contributed by atoms with Crippen molar-refractivity contribution in [2.75, 3.05) is 0 Å². The van der Waals surface area contributed by atoms with Crippen molar-refractivity contribution in [3.63, 3.8) is 0 Å². The third-order valence-electron chi connectivity index (χ3n) is 7.91. The quantitative estimate of drug-likeness (QED) is 0.0491. The van der Waals surface area contributed by atoms with Gasteiger partial charge in [-0.25, -0.2) is 0 Å². The van der Waals surface area contributed by atoms with Gasteiger partial charge in [0.15, 0.2) is 0 Å². The SMILES string of the molecule is CCCCC/C=C\C/C=C\C(CCCCCCCCC(=O)O)OC(=O)CCCCCCCCCCCCCCCC.